The zero-order valence-electron chi connectivity index (χ0n) is 6.75. The van der Waals surface area contributed by atoms with E-state index >= 15 is 0 Å². The zero-order chi connectivity index (χ0) is 8.55. The van der Waals surface area contributed by atoms with Crippen molar-refractivity contribution in [3.8, 4) is 0 Å². The van der Waals surface area contributed by atoms with Crippen LogP contribution in [-0.2, 0) is 6.54 Å². The molecule has 13 heavy (non-hydrogen) atoms. The van der Waals surface area contributed by atoms with E-state index in [1.165, 1.54) is 0 Å². The molecule has 70 valence electrons. The molecule has 0 radical (unpaired) electrons. The molecule has 0 bridgehead atoms. The fourth-order valence-corrected chi connectivity index (χ4v) is 1.29. The second-order valence-corrected chi connectivity index (χ2v) is 2.99. The fourth-order valence-electron chi connectivity index (χ4n) is 1.13. The molecule has 0 amide bonds. The number of nitrogens with two attached hydrogens (primary N) is 1. The smallest absolute Gasteiger partial charge is 0.121 e. The lowest BCUT2D eigenvalue weighted by Crippen LogP contribution is -1.97. The van der Waals surface area contributed by atoms with E-state index < -0.39 is 0 Å². The lowest BCUT2D eigenvalue weighted by molar-refractivity contribution is 0.958. The van der Waals surface area contributed by atoms with Gasteiger partial charge in [-0.3, -0.25) is 0 Å². The molecule has 0 aliphatic carbocycles. The van der Waals surface area contributed by atoms with Crippen molar-refractivity contribution in [1.29, 1.82) is 0 Å². The molecule has 0 aliphatic heterocycles. The highest BCUT2D eigenvalue weighted by Gasteiger charge is 2.00. The standard InChI is InChI=1S/C8H8ClN3.ClH/c9-5-1-2-6-7(3-5)12-8(4-10)11-6;/h1-3H,4,10H2,(H,11,12);1H. The minimum absolute atomic E-state index is 0. The molecule has 0 aliphatic rings. The minimum atomic E-state index is 0. The molecule has 1 aromatic heterocycles. The average molecular weight is 218 g/mol. The summed E-state index contributed by atoms with van der Waals surface area (Å²) in [5, 5.41) is 0.692. The first-order valence-corrected chi connectivity index (χ1v) is 4.01. The van der Waals surface area contributed by atoms with Crippen LogP contribution in [0.2, 0.25) is 5.02 Å². The van der Waals surface area contributed by atoms with E-state index in [-0.39, 0.29) is 12.4 Å². The van der Waals surface area contributed by atoms with Gasteiger partial charge in [-0.1, -0.05) is 11.6 Å². The highest BCUT2D eigenvalue weighted by Crippen LogP contribution is 2.16. The van der Waals surface area contributed by atoms with Crippen molar-refractivity contribution in [3.05, 3.63) is 29.0 Å². The van der Waals surface area contributed by atoms with Crippen LogP contribution in [0.4, 0.5) is 0 Å². The molecule has 1 heterocycles. The van der Waals surface area contributed by atoms with Gasteiger partial charge in [-0.15, -0.1) is 12.4 Å². The van der Waals surface area contributed by atoms with Gasteiger partial charge < -0.3 is 10.7 Å². The second kappa shape index (κ2) is 3.96. The van der Waals surface area contributed by atoms with Crippen LogP contribution in [-0.4, -0.2) is 9.97 Å². The van der Waals surface area contributed by atoms with Crippen LogP contribution in [0, 0.1) is 0 Å². The number of aromatic nitrogens is 2. The van der Waals surface area contributed by atoms with Crippen molar-refractivity contribution in [1.82, 2.24) is 9.97 Å². The van der Waals surface area contributed by atoms with Crippen molar-refractivity contribution in [3.63, 3.8) is 0 Å². The van der Waals surface area contributed by atoms with E-state index in [1.807, 2.05) is 18.2 Å². The first-order valence-electron chi connectivity index (χ1n) is 3.64. The molecular formula is C8H9Cl2N3. The summed E-state index contributed by atoms with van der Waals surface area (Å²) >= 11 is 5.79. The van der Waals surface area contributed by atoms with Crippen molar-refractivity contribution in [2.75, 3.05) is 0 Å². The monoisotopic (exact) mass is 217 g/mol. The molecule has 0 saturated heterocycles. The second-order valence-electron chi connectivity index (χ2n) is 2.55. The Kier molecular flexibility index (Phi) is 3.14. The van der Waals surface area contributed by atoms with Gasteiger partial charge in [-0.2, -0.15) is 0 Å². The van der Waals surface area contributed by atoms with Crippen LogP contribution in [0.5, 0.6) is 0 Å². The maximum Gasteiger partial charge on any atom is 0.121 e. The van der Waals surface area contributed by atoms with Crippen LogP contribution in [0.15, 0.2) is 18.2 Å². The number of fused-ring (bicyclic) bond motifs is 1. The van der Waals surface area contributed by atoms with Crippen molar-refractivity contribution >= 4 is 35.0 Å². The summed E-state index contributed by atoms with van der Waals surface area (Å²) in [6.07, 6.45) is 0. The van der Waals surface area contributed by atoms with Gasteiger partial charge in [0, 0.05) is 5.02 Å². The zero-order valence-corrected chi connectivity index (χ0v) is 8.32. The number of hydrogen-bond acceptors (Lipinski definition) is 2. The topological polar surface area (TPSA) is 54.7 Å². The Labute approximate surface area is 86.7 Å². The van der Waals surface area contributed by atoms with Gasteiger partial charge in [-0.05, 0) is 18.2 Å². The molecule has 0 unspecified atom stereocenters. The van der Waals surface area contributed by atoms with Crippen LogP contribution < -0.4 is 5.73 Å². The number of aromatic amines is 1. The number of benzene rings is 1. The molecule has 2 rings (SSSR count). The van der Waals surface area contributed by atoms with E-state index in [1.54, 1.807) is 0 Å². The van der Waals surface area contributed by atoms with Gasteiger partial charge in [0.1, 0.15) is 5.82 Å². The normalized spacial score (nSPS) is 10.0. The number of nitrogens with one attached hydrogen (secondary N) is 1. The van der Waals surface area contributed by atoms with E-state index in [4.69, 9.17) is 17.3 Å². The van der Waals surface area contributed by atoms with E-state index in [0.717, 1.165) is 16.9 Å². The Morgan fingerprint density at radius 3 is 2.92 bits per heavy atom. The van der Waals surface area contributed by atoms with Crippen LogP contribution in [0.25, 0.3) is 11.0 Å². The van der Waals surface area contributed by atoms with Crippen molar-refractivity contribution in [2.45, 2.75) is 6.54 Å². The van der Waals surface area contributed by atoms with Crippen LogP contribution in [0.1, 0.15) is 5.82 Å². The molecular weight excluding hydrogens is 209 g/mol. The summed E-state index contributed by atoms with van der Waals surface area (Å²) < 4.78 is 0. The Morgan fingerprint density at radius 2 is 2.23 bits per heavy atom. The Balaban J connectivity index is 0.000000845. The quantitative estimate of drug-likeness (QED) is 0.769. The Morgan fingerprint density at radius 1 is 1.46 bits per heavy atom. The summed E-state index contributed by atoms with van der Waals surface area (Å²) in [7, 11) is 0. The third-order valence-corrected chi connectivity index (χ3v) is 1.92. The van der Waals surface area contributed by atoms with Gasteiger partial charge >= 0.3 is 0 Å². The Hall–Kier alpha value is -0.770. The van der Waals surface area contributed by atoms with E-state index in [9.17, 15) is 0 Å². The van der Waals surface area contributed by atoms with Gasteiger partial charge in [0.05, 0.1) is 17.6 Å². The third-order valence-electron chi connectivity index (χ3n) is 1.69. The van der Waals surface area contributed by atoms with Crippen molar-refractivity contribution in [2.24, 2.45) is 5.73 Å². The molecule has 1 aromatic carbocycles. The first-order chi connectivity index (χ1) is 5.79. The number of rotatable bonds is 1. The number of halogens is 2. The fraction of sp³-hybridized carbons (Fsp3) is 0.125. The SMILES string of the molecule is Cl.NCc1nc2cc(Cl)ccc2[nH]1. The lowest BCUT2D eigenvalue weighted by atomic mass is 10.3. The highest BCUT2D eigenvalue weighted by molar-refractivity contribution is 6.31. The molecule has 3 N–H and O–H groups in total. The number of H-pyrrole nitrogens is 1. The predicted octanol–water partition coefficient (Wildman–Crippen LogP) is 2.10. The number of hydrogen-bond donors (Lipinski definition) is 2. The molecule has 3 nitrogen and oxygen atoms in total. The largest absolute Gasteiger partial charge is 0.341 e. The highest BCUT2D eigenvalue weighted by atomic mass is 35.5. The summed E-state index contributed by atoms with van der Waals surface area (Å²) in [6, 6.07) is 5.53. The number of nitrogens with zero attached hydrogens (tertiary/aromatic N) is 1. The summed E-state index contributed by atoms with van der Waals surface area (Å²) in [4.78, 5) is 7.30. The molecule has 2 aromatic rings. The van der Waals surface area contributed by atoms with Gasteiger partial charge in [0.15, 0.2) is 0 Å². The van der Waals surface area contributed by atoms with Gasteiger partial charge in [0.25, 0.3) is 0 Å². The van der Waals surface area contributed by atoms with E-state index in [2.05, 4.69) is 9.97 Å². The Bertz CT molecular complexity index is 411. The third kappa shape index (κ3) is 1.94. The van der Waals surface area contributed by atoms with Gasteiger partial charge in [0.2, 0.25) is 0 Å². The predicted molar refractivity (Wildman–Crippen MR) is 56.2 cm³/mol. The summed E-state index contributed by atoms with van der Waals surface area (Å²) in [5.74, 6) is 0.785. The summed E-state index contributed by atoms with van der Waals surface area (Å²) in [6.45, 7) is 0.423. The van der Waals surface area contributed by atoms with Crippen LogP contribution in [0.3, 0.4) is 0 Å². The average Bonchev–Trinajstić information content (AvgIpc) is 2.46. The molecule has 0 fully saturated rings. The molecule has 5 heteroatoms. The molecule has 0 atom stereocenters. The molecule has 0 spiro atoms. The van der Waals surface area contributed by atoms with Crippen molar-refractivity contribution < 1.29 is 0 Å². The minimum Gasteiger partial charge on any atom is -0.341 e. The lowest BCUT2D eigenvalue weighted by Gasteiger charge is -1.87. The maximum atomic E-state index is 5.79. The summed E-state index contributed by atoms with van der Waals surface area (Å²) in [5.41, 5.74) is 7.26. The van der Waals surface area contributed by atoms with Gasteiger partial charge in [-0.25, -0.2) is 4.98 Å². The van der Waals surface area contributed by atoms with E-state index in [0.29, 0.717) is 11.6 Å². The van der Waals surface area contributed by atoms with Crippen LogP contribution >= 0.6 is 24.0 Å². The molecule has 0 saturated carbocycles. The maximum absolute atomic E-state index is 5.79. The number of imidazole rings is 1. The first kappa shape index (κ1) is 10.3.